The number of fused-ring (bicyclic) bond motifs is 1. The summed E-state index contributed by atoms with van der Waals surface area (Å²) in [6.07, 6.45) is 3.72. The summed E-state index contributed by atoms with van der Waals surface area (Å²) in [6, 6.07) is -0.208. The number of esters is 2. The van der Waals surface area contributed by atoms with Crippen LogP contribution in [0.15, 0.2) is 0 Å². The van der Waals surface area contributed by atoms with Crippen molar-refractivity contribution < 1.29 is 42.8 Å². The molecule has 172 valence electrons. The Labute approximate surface area is 177 Å². The fourth-order valence-electron chi connectivity index (χ4n) is 3.71. The van der Waals surface area contributed by atoms with E-state index >= 15 is 0 Å². The summed E-state index contributed by atoms with van der Waals surface area (Å²) in [5, 5.41) is 0. The van der Waals surface area contributed by atoms with E-state index in [9.17, 15) is 14.4 Å². The molecule has 1 atom stereocenters. The maximum atomic E-state index is 13.0. The lowest BCUT2D eigenvalue weighted by molar-refractivity contribution is -0.186. The highest BCUT2D eigenvalue weighted by atomic mass is 16.6. The molecular formula is C20H33NO9. The number of hydrogen-bond donors (Lipinski definition) is 0. The van der Waals surface area contributed by atoms with Crippen molar-refractivity contribution in [2.45, 2.75) is 37.3 Å². The first-order chi connectivity index (χ1) is 14.5. The quantitative estimate of drug-likeness (QED) is 0.275. The van der Waals surface area contributed by atoms with Crippen molar-refractivity contribution in [3.8, 4) is 0 Å². The molecule has 0 aromatic carbocycles. The van der Waals surface area contributed by atoms with Crippen molar-refractivity contribution in [1.29, 1.82) is 0 Å². The number of ether oxygens (including phenoxy) is 6. The van der Waals surface area contributed by atoms with Crippen molar-refractivity contribution in [2.24, 2.45) is 0 Å². The van der Waals surface area contributed by atoms with E-state index < -0.39 is 17.5 Å². The average Bonchev–Trinajstić information content (AvgIpc) is 2.98. The van der Waals surface area contributed by atoms with Crippen LogP contribution < -0.4 is 0 Å². The van der Waals surface area contributed by atoms with Crippen LogP contribution in [0.25, 0.3) is 0 Å². The molecule has 0 aromatic rings. The van der Waals surface area contributed by atoms with Crippen LogP contribution in [-0.2, 0) is 42.8 Å². The van der Waals surface area contributed by atoms with Gasteiger partial charge in [-0.2, -0.15) is 0 Å². The molecule has 1 unspecified atom stereocenters. The number of Topliss-reactive ketones (excluding diaryl/α,β-unsaturated/α-hetero) is 1. The maximum Gasteiger partial charge on any atom is 0.332 e. The first-order valence-corrected chi connectivity index (χ1v) is 10.3. The molecule has 2 aliphatic heterocycles. The number of carbonyl (C=O) groups is 3. The standard InChI is InChI=1S/C20H33NO9/c1-25-8-10-27-12-17(22)29-14-20(15-30-18(23)13-28-11-9-26-2)19(24)16-6-4-3-5-7-21(16)20/h16H,3-15H2,1-2H3. The van der Waals surface area contributed by atoms with E-state index in [4.69, 9.17) is 28.4 Å². The molecule has 2 aliphatic rings. The fraction of sp³-hybridized carbons (Fsp3) is 0.850. The average molecular weight is 431 g/mol. The number of rotatable bonds is 14. The van der Waals surface area contributed by atoms with Gasteiger partial charge in [0.25, 0.3) is 0 Å². The summed E-state index contributed by atoms with van der Waals surface area (Å²) in [5.41, 5.74) is -1.14. The highest BCUT2D eigenvalue weighted by Gasteiger charge is 2.61. The zero-order valence-electron chi connectivity index (χ0n) is 17.9. The Bertz CT molecular complexity index is 540. The Kier molecular flexibility index (Phi) is 10.7. The second-order valence-corrected chi connectivity index (χ2v) is 7.37. The third-order valence-corrected chi connectivity index (χ3v) is 5.31. The molecule has 0 aromatic heterocycles. The number of nitrogens with zero attached hydrogens (tertiary/aromatic N) is 1. The Hall–Kier alpha value is -1.59. The van der Waals surface area contributed by atoms with Gasteiger partial charge >= 0.3 is 11.9 Å². The van der Waals surface area contributed by atoms with Gasteiger partial charge in [0, 0.05) is 20.8 Å². The molecule has 10 heteroatoms. The largest absolute Gasteiger partial charge is 0.461 e. The molecule has 0 N–H and O–H groups in total. The summed E-state index contributed by atoms with van der Waals surface area (Å²) in [4.78, 5) is 39.0. The SMILES string of the molecule is COCCOCC(=O)OCC1(COC(=O)COCCOC)C(=O)C2CCCCCN21. The first-order valence-electron chi connectivity index (χ1n) is 10.3. The summed E-state index contributed by atoms with van der Waals surface area (Å²) in [6.45, 7) is 1.16. The fourth-order valence-corrected chi connectivity index (χ4v) is 3.71. The Morgan fingerprint density at radius 2 is 1.47 bits per heavy atom. The summed E-state index contributed by atoms with van der Waals surface area (Å²) in [5.74, 6) is -1.21. The predicted octanol–water partition coefficient (Wildman–Crippen LogP) is -0.0351. The molecule has 2 heterocycles. The lowest BCUT2D eigenvalue weighted by Crippen LogP contribution is -2.77. The van der Waals surface area contributed by atoms with E-state index in [-0.39, 0.29) is 51.5 Å². The van der Waals surface area contributed by atoms with Gasteiger partial charge in [0.05, 0.1) is 32.5 Å². The van der Waals surface area contributed by atoms with Crippen LogP contribution in [0, 0.1) is 0 Å². The van der Waals surface area contributed by atoms with Crippen molar-refractivity contribution in [2.75, 3.05) is 73.6 Å². The first kappa shape index (κ1) is 24.7. The molecule has 0 aliphatic carbocycles. The number of methoxy groups -OCH3 is 2. The topological polar surface area (TPSA) is 110 Å². The van der Waals surface area contributed by atoms with Gasteiger partial charge in [-0.15, -0.1) is 0 Å². The maximum absolute atomic E-state index is 13.0. The molecule has 0 bridgehead atoms. The minimum Gasteiger partial charge on any atom is -0.461 e. The van der Waals surface area contributed by atoms with E-state index in [0.29, 0.717) is 19.8 Å². The zero-order chi connectivity index (χ0) is 21.8. The van der Waals surface area contributed by atoms with E-state index in [0.717, 1.165) is 25.7 Å². The Morgan fingerprint density at radius 1 is 0.900 bits per heavy atom. The molecule has 2 saturated heterocycles. The molecule has 0 spiro atoms. The van der Waals surface area contributed by atoms with Gasteiger partial charge < -0.3 is 28.4 Å². The van der Waals surface area contributed by atoms with Crippen LogP contribution in [-0.4, -0.2) is 108 Å². The van der Waals surface area contributed by atoms with Gasteiger partial charge in [0.15, 0.2) is 11.3 Å². The smallest absolute Gasteiger partial charge is 0.332 e. The number of carbonyl (C=O) groups excluding carboxylic acids is 3. The second kappa shape index (κ2) is 13.0. The Morgan fingerprint density at radius 3 is 2.00 bits per heavy atom. The van der Waals surface area contributed by atoms with Gasteiger partial charge in [-0.05, 0) is 12.8 Å². The van der Waals surface area contributed by atoms with Gasteiger partial charge in [-0.3, -0.25) is 9.69 Å². The number of ketones is 1. The Balaban J connectivity index is 1.91. The normalized spacial score (nSPS) is 20.7. The molecule has 0 radical (unpaired) electrons. The van der Waals surface area contributed by atoms with Crippen LogP contribution in [0.1, 0.15) is 25.7 Å². The van der Waals surface area contributed by atoms with Crippen molar-refractivity contribution in [1.82, 2.24) is 4.90 Å². The molecule has 0 saturated carbocycles. The third-order valence-electron chi connectivity index (χ3n) is 5.31. The molecule has 30 heavy (non-hydrogen) atoms. The molecule has 2 rings (SSSR count). The molecule has 0 amide bonds. The second-order valence-electron chi connectivity index (χ2n) is 7.37. The van der Waals surface area contributed by atoms with E-state index in [2.05, 4.69) is 0 Å². The molecule has 10 nitrogen and oxygen atoms in total. The van der Waals surface area contributed by atoms with E-state index in [1.54, 1.807) is 0 Å². The van der Waals surface area contributed by atoms with E-state index in [1.807, 2.05) is 4.90 Å². The molecule has 2 fully saturated rings. The van der Waals surface area contributed by atoms with Crippen molar-refractivity contribution >= 4 is 17.7 Å². The third kappa shape index (κ3) is 6.71. The summed E-state index contributed by atoms with van der Waals surface area (Å²) >= 11 is 0. The van der Waals surface area contributed by atoms with Gasteiger partial charge in [-0.25, -0.2) is 9.59 Å². The van der Waals surface area contributed by atoms with Crippen LogP contribution in [0.3, 0.4) is 0 Å². The lowest BCUT2D eigenvalue weighted by atomic mass is 9.76. The van der Waals surface area contributed by atoms with Crippen molar-refractivity contribution in [3.63, 3.8) is 0 Å². The van der Waals surface area contributed by atoms with Gasteiger partial charge in [0.2, 0.25) is 0 Å². The highest BCUT2D eigenvalue weighted by molar-refractivity contribution is 5.99. The van der Waals surface area contributed by atoms with Crippen LogP contribution in [0.4, 0.5) is 0 Å². The molecular weight excluding hydrogens is 398 g/mol. The van der Waals surface area contributed by atoms with E-state index in [1.165, 1.54) is 14.2 Å². The highest BCUT2D eigenvalue weighted by Crippen LogP contribution is 2.39. The minimum atomic E-state index is -1.14. The van der Waals surface area contributed by atoms with Crippen LogP contribution in [0.5, 0.6) is 0 Å². The monoisotopic (exact) mass is 431 g/mol. The van der Waals surface area contributed by atoms with Crippen molar-refractivity contribution in [3.05, 3.63) is 0 Å². The predicted molar refractivity (Wildman–Crippen MR) is 104 cm³/mol. The number of hydrogen-bond acceptors (Lipinski definition) is 10. The summed E-state index contributed by atoms with van der Waals surface area (Å²) in [7, 11) is 3.07. The van der Waals surface area contributed by atoms with Crippen LogP contribution >= 0.6 is 0 Å². The lowest BCUT2D eigenvalue weighted by Gasteiger charge is -2.54. The van der Waals surface area contributed by atoms with Gasteiger partial charge in [-0.1, -0.05) is 12.8 Å². The zero-order valence-corrected chi connectivity index (χ0v) is 17.9. The summed E-state index contributed by atoms with van der Waals surface area (Å²) < 4.78 is 30.7. The van der Waals surface area contributed by atoms with Gasteiger partial charge in [0.1, 0.15) is 26.4 Å². The minimum absolute atomic E-state index is 0.0504. The van der Waals surface area contributed by atoms with Crippen LogP contribution in [0.2, 0.25) is 0 Å².